The molecule has 0 atom stereocenters. The van der Waals surface area contributed by atoms with E-state index >= 15 is 0 Å². The molecule has 0 amide bonds. The third-order valence-electron chi connectivity index (χ3n) is 2.99. The van der Waals surface area contributed by atoms with Crippen molar-refractivity contribution in [3.63, 3.8) is 0 Å². The maximum absolute atomic E-state index is 5.93. The molecule has 0 aliphatic heterocycles. The Morgan fingerprint density at radius 3 is 2.24 bits per heavy atom. The van der Waals surface area contributed by atoms with Crippen molar-refractivity contribution in [3.05, 3.63) is 63.5 Å². The lowest BCUT2D eigenvalue weighted by molar-refractivity contribution is 1.19. The molecule has 0 radical (unpaired) electrons. The predicted octanol–water partition coefficient (Wildman–Crippen LogP) is 4.92. The first-order valence-electron chi connectivity index (χ1n) is 6.29. The van der Waals surface area contributed by atoms with E-state index in [9.17, 15) is 0 Å². The highest BCUT2D eigenvalue weighted by Gasteiger charge is 2.08. The van der Waals surface area contributed by atoms with E-state index in [4.69, 9.17) is 5.73 Å². The zero-order valence-corrected chi connectivity index (χ0v) is 14.1. The summed E-state index contributed by atoms with van der Waals surface area (Å²) in [5.41, 5.74) is 8.68. The summed E-state index contributed by atoms with van der Waals surface area (Å²) in [4.78, 5) is 8.95. The number of benzene rings is 2. The van der Waals surface area contributed by atoms with E-state index in [1.165, 1.54) is 0 Å². The molecule has 104 valence electrons. The first-order chi connectivity index (χ1) is 10.1. The van der Waals surface area contributed by atoms with Crippen molar-refractivity contribution < 1.29 is 0 Å². The minimum Gasteiger partial charge on any atom is -0.384 e. The van der Waals surface area contributed by atoms with Gasteiger partial charge in [0.1, 0.15) is 5.82 Å². The fourth-order valence-electron chi connectivity index (χ4n) is 1.99. The van der Waals surface area contributed by atoms with Gasteiger partial charge in [-0.2, -0.15) is 0 Å². The molecule has 3 nitrogen and oxygen atoms in total. The van der Waals surface area contributed by atoms with E-state index < -0.39 is 0 Å². The fraction of sp³-hybridized carbons (Fsp3) is 0. The molecule has 2 aromatic carbocycles. The number of halogens is 2. The zero-order valence-electron chi connectivity index (χ0n) is 10.9. The smallest absolute Gasteiger partial charge is 0.162 e. The third-order valence-corrected chi connectivity index (χ3v) is 4.87. The Balaban J connectivity index is 2.11. The normalized spacial score (nSPS) is 10.6. The van der Waals surface area contributed by atoms with E-state index in [1.54, 1.807) is 6.07 Å². The highest BCUT2D eigenvalue weighted by atomic mass is 79.9. The van der Waals surface area contributed by atoms with Gasteiger partial charge in [-0.1, -0.05) is 30.3 Å². The number of anilines is 1. The van der Waals surface area contributed by atoms with Crippen LogP contribution in [0.15, 0.2) is 63.5 Å². The van der Waals surface area contributed by atoms with Crippen LogP contribution in [0, 0.1) is 0 Å². The molecule has 5 heteroatoms. The Morgan fingerprint density at radius 2 is 1.52 bits per heavy atom. The van der Waals surface area contributed by atoms with Gasteiger partial charge in [0, 0.05) is 26.1 Å². The molecule has 0 saturated heterocycles. The molecule has 21 heavy (non-hydrogen) atoms. The highest BCUT2D eigenvalue weighted by molar-refractivity contribution is 9.13. The van der Waals surface area contributed by atoms with Crippen molar-refractivity contribution in [1.29, 1.82) is 0 Å². The Hall–Kier alpha value is -1.72. The number of rotatable bonds is 2. The summed E-state index contributed by atoms with van der Waals surface area (Å²) in [5, 5.41) is 0. The maximum atomic E-state index is 5.93. The van der Waals surface area contributed by atoms with Crippen molar-refractivity contribution in [3.8, 4) is 22.6 Å². The quantitative estimate of drug-likeness (QED) is 0.659. The summed E-state index contributed by atoms with van der Waals surface area (Å²) < 4.78 is 1.94. The maximum Gasteiger partial charge on any atom is 0.162 e. The molecule has 2 N–H and O–H groups in total. The summed E-state index contributed by atoms with van der Waals surface area (Å²) in [6.45, 7) is 0. The minimum atomic E-state index is 0.456. The van der Waals surface area contributed by atoms with Crippen LogP contribution < -0.4 is 5.73 Å². The predicted molar refractivity (Wildman–Crippen MR) is 92.7 cm³/mol. The average molecular weight is 405 g/mol. The van der Waals surface area contributed by atoms with Crippen molar-refractivity contribution in [1.82, 2.24) is 9.97 Å². The Labute approximate surface area is 139 Å². The van der Waals surface area contributed by atoms with Gasteiger partial charge in [0.25, 0.3) is 0 Å². The number of hydrogen-bond acceptors (Lipinski definition) is 3. The Bertz CT molecular complexity index is 789. The lowest BCUT2D eigenvalue weighted by atomic mass is 10.1. The highest BCUT2D eigenvalue weighted by Crippen LogP contribution is 2.29. The van der Waals surface area contributed by atoms with E-state index in [1.807, 2.05) is 48.5 Å². The molecular weight excluding hydrogens is 394 g/mol. The van der Waals surface area contributed by atoms with Gasteiger partial charge in [-0.25, -0.2) is 9.97 Å². The number of nitrogen functional groups attached to an aromatic ring is 1. The Morgan fingerprint density at radius 1 is 0.762 bits per heavy atom. The van der Waals surface area contributed by atoms with Gasteiger partial charge in [0.15, 0.2) is 5.82 Å². The second kappa shape index (κ2) is 5.95. The van der Waals surface area contributed by atoms with Crippen molar-refractivity contribution in [2.75, 3.05) is 5.73 Å². The Kier molecular flexibility index (Phi) is 4.03. The first kappa shape index (κ1) is 14.2. The molecule has 1 heterocycles. The monoisotopic (exact) mass is 403 g/mol. The van der Waals surface area contributed by atoms with Gasteiger partial charge < -0.3 is 5.73 Å². The second-order valence-corrected chi connectivity index (χ2v) is 6.21. The molecule has 0 unspecified atom stereocenters. The molecule has 0 aliphatic carbocycles. The van der Waals surface area contributed by atoms with Gasteiger partial charge in [-0.05, 0) is 50.1 Å². The molecule has 1 aromatic heterocycles. The van der Waals surface area contributed by atoms with Crippen LogP contribution in [-0.2, 0) is 0 Å². The van der Waals surface area contributed by atoms with Crippen molar-refractivity contribution in [2.45, 2.75) is 0 Å². The van der Waals surface area contributed by atoms with Crippen LogP contribution in [0.5, 0.6) is 0 Å². The summed E-state index contributed by atoms with van der Waals surface area (Å²) in [6.07, 6.45) is 0. The largest absolute Gasteiger partial charge is 0.384 e. The summed E-state index contributed by atoms with van der Waals surface area (Å²) >= 11 is 6.95. The lowest BCUT2D eigenvalue weighted by Gasteiger charge is -2.07. The SMILES string of the molecule is Nc1cc(-c2ccccc2)nc(-c2ccc(Br)c(Br)c2)n1. The average Bonchev–Trinajstić information content (AvgIpc) is 2.50. The van der Waals surface area contributed by atoms with Crippen LogP contribution in [0.1, 0.15) is 0 Å². The topological polar surface area (TPSA) is 51.8 Å². The lowest BCUT2D eigenvalue weighted by Crippen LogP contribution is -1.98. The van der Waals surface area contributed by atoms with E-state index in [0.29, 0.717) is 11.6 Å². The van der Waals surface area contributed by atoms with Crippen LogP contribution in [0.4, 0.5) is 5.82 Å². The van der Waals surface area contributed by atoms with Gasteiger partial charge >= 0.3 is 0 Å². The van der Waals surface area contributed by atoms with Crippen LogP contribution >= 0.6 is 31.9 Å². The molecule has 0 fully saturated rings. The molecular formula is C16H11Br2N3. The van der Waals surface area contributed by atoms with Crippen LogP contribution in [0.3, 0.4) is 0 Å². The standard InChI is InChI=1S/C16H11Br2N3/c17-12-7-6-11(8-13(12)18)16-20-14(9-15(19)21-16)10-4-2-1-3-5-10/h1-9H,(H2,19,20,21). The molecule has 0 aliphatic rings. The molecule has 0 bridgehead atoms. The number of nitrogens with two attached hydrogens (primary N) is 1. The van der Waals surface area contributed by atoms with Crippen LogP contribution in [-0.4, -0.2) is 9.97 Å². The van der Waals surface area contributed by atoms with E-state index in [2.05, 4.69) is 41.8 Å². The first-order valence-corrected chi connectivity index (χ1v) is 7.87. The summed E-state index contributed by atoms with van der Waals surface area (Å²) in [5.74, 6) is 1.07. The molecule has 0 saturated carbocycles. The molecule has 3 aromatic rings. The number of nitrogens with zero attached hydrogens (tertiary/aromatic N) is 2. The molecule has 0 spiro atoms. The fourth-order valence-corrected chi connectivity index (χ4v) is 2.61. The third kappa shape index (κ3) is 3.14. The van der Waals surface area contributed by atoms with Gasteiger partial charge in [-0.3, -0.25) is 0 Å². The summed E-state index contributed by atoms with van der Waals surface area (Å²) in [6, 6.07) is 17.6. The number of hydrogen-bond donors (Lipinski definition) is 1. The van der Waals surface area contributed by atoms with Gasteiger partial charge in [-0.15, -0.1) is 0 Å². The minimum absolute atomic E-state index is 0.456. The van der Waals surface area contributed by atoms with E-state index in [0.717, 1.165) is 25.8 Å². The number of aromatic nitrogens is 2. The van der Waals surface area contributed by atoms with Crippen molar-refractivity contribution in [2.24, 2.45) is 0 Å². The summed E-state index contributed by atoms with van der Waals surface area (Å²) in [7, 11) is 0. The zero-order chi connectivity index (χ0) is 14.8. The van der Waals surface area contributed by atoms with Gasteiger partial charge in [0.05, 0.1) is 5.69 Å². The van der Waals surface area contributed by atoms with Crippen molar-refractivity contribution >= 4 is 37.7 Å². The van der Waals surface area contributed by atoms with Crippen LogP contribution in [0.25, 0.3) is 22.6 Å². The molecule has 3 rings (SSSR count). The van der Waals surface area contributed by atoms with E-state index in [-0.39, 0.29) is 0 Å². The van der Waals surface area contributed by atoms with Gasteiger partial charge in [0.2, 0.25) is 0 Å². The second-order valence-electron chi connectivity index (χ2n) is 4.50. The van der Waals surface area contributed by atoms with Crippen LogP contribution in [0.2, 0.25) is 0 Å².